The molecule has 1 saturated carbocycles. The first-order valence-electron chi connectivity index (χ1n) is 6.68. The topological polar surface area (TPSA) is 64.3 Å². The molecule has 0 heterocycles. The molecule has 17 heavy (non-hydrogen) atoms. The van der Waals surface area contributed by atoms with Crippen molar-refractivity contribution >= 4 is 5.91 Å². The minimum Gasteiger partial charge on any atom is -0.375 e. The van der Waals surface area contributed by atoms with Crippen LogP contribution in [0.15, 0.2) is 0 Å². The van der Waals surface area contributed by atoms with E-state index in [1.807, 2.05) is 13.8 Å². The first kappa shape index (κ1) is 14.5. The van der Waals surface area contributed by atoms with Gasteiger partial charge in [-0.05, 0) is 46.1 Å². The van der Waals surface area contributed by atoms with Crippen molar-refractivity contribution in [3.8, 4) is 0 Å². The lowest BCUT2D eigenvalue weighted by molar-refractivity contribution is -0.126. The molecule has 2 atom stereocenters. The molecule has 0 aromatic carbocycles. The lowest BCUT2D eigenvalue weighted by Gasteiger charge is -2.34. The number of hydrogen-bond donors (Lipinski definition) is 2. The number of ether oxygens (including phenoxy) is 1. The van der Waals surface area contributed by atoms with E-state index in [1.165, 1.54) is 6.42 Å². The molecule has 0 aliphatic heterocycles. The summed E-state index contributed by atoms with van der Waals surface area (Å²) in [6, 6.07) is 0. The fourth-order valence-electron chi connectivity index (χ4n) is 2.12. The standard InChI is InChI=1S/C13H26N2O2/c1-4-8-15-13(3,12(14)16)9-10(2)17-11-6-5-7-11/h10-11,15H,4-9H2,1-3H3,(H2,14,16). The third-order valence-electron chi connectivity index (χ3n) is 3.48. The number of primary amides is 1. The van der Waals surface area contributed by atoms with Crippen molar-refractivity contribution < 1.29 is 9.53 Å². The third kappa shape index (κ3) is 4.28. The van der Waals surface area contributed by atoms with Crippen LogP contribution in [0.25, 0.3) is 0 Å². The molecule has 3 N–H and O–H groups in total. The molecular formula is C13H26N2O2. The van der Waals surface area contributed by atoms with Gasteiger partial charge in [0.15, 0.2) is 0 Å². The van der Waals surface area contributed by atoms with Crippen LogP contribution in [-0.2, 0) is 9.53 Å². The second-order valence-electron chi connectivity index (χ2n) is 5.33. The van der Waals surface area contributed by atoms with E-state index < -0.39 is 5.54 Å². The van der Waals surface area contributed by atoms with Crippen LogP contribution in [0.4, 0.5) is 0 Å². The molecule has 1 amide bonds. The van der Waals surface area contributed by atoms with E-state index in [-0.39, 0.29) is 12.0 Å². The second kappa shape index (κ2) is 6.36. The molecule has 2 unspecified atom stereocenters. The predicted molar refractivity (Wildman–Crippen MR) is 68.7 cm³/mol. The van der Waals surface area contributed by atoms with E-state index in [0.717, 1.165) is 25.8 Å². The van der Waals surface area contributed by atoms with Gasteiger partial charge in [-0.15, -0.1) is 0 Å². The Morgan fingerprint density at radius 2 is 2.24 bits per heavy atom. The van der Waals surface area contributed by atoms with Gasteiger partial charge in [-0.1, -0.05) is 6.92 Å². The number of rotatable bonds is 8. The highest BCUT2D eigenvalue weighted by molar-refractivity contribution is 5.84. The molecule has 1 aliphatic carbocycles. The highest BCUT2D eigenvalue weighted by atomic mass is 16.5. The fourth-order valence-corrected chi connectivity index (χ4v) is 2.12. The maximum Gasteiger partial charge on any atom is 0.237 e. The molecule has 0 aromatic heterocycles. The molecule has 0 aromatic rings. The normalized spacial score (nSPS) is 21.6. The van der Waals surface area contributed by atoms with Crippen LogP contribution in [0.2, 0.25) is 0 Å². The molecule has 0 radical (unpaired) electrons. The van der Waals surface area contributed by atoms with Gasteiger partial charge in [0.05, 0.1) is 17.7 Å². The summed E-state index contributed by atoms with van der Waals surface area (Å²) in [4.78, 5) is 11.5. The summed E-state index contributed by atoms with van der Waals surface area (Å²) in [6.45, 7) is 6.76. The Balaban J connectivity index is 2.43. The Morgan fingerprint density at radius 1 is 1.59 bits per heavy atom. The van der Waals surface area contributed by atoms with Crippen LogP contribution in [0.1, 0.15) is 52.9 Å². The number of nitrogens with one attached hydrogen (secondary N) is 1. The lowest BCUT2D eigenvalue weighted by Crippen LogP contribution is -2.55. The number of nitrogens with two attached hydrogens (primary N) is 1. The van der Waals surface area contributed by atoms with E-state index in [9.17, 15) is 4.79 Å². The molecule has 0 saturated heterocycles. The lowest BCUT2D eigenvalue weighted by atomic mass is 9.92. The highest BCUT2D eigenvalue weighted by Crippen LogP contribution is 2.25. The minimum atomic E-state index is -0.654. The fraction of sp³-hybridized carbons (Fsp3) is 0.923. The van der Waals surface area contributed by atoms with E-state index >= 15 is 0 Å². The van der Waals surface area contributed by atoms with Crippen molar-refractivity contribution in [3.05, 3.63) is 0 Å². The number of carbonyl (C=O) groups is 1. The Kier molecular flexibility index (Phi) is 5.40. The minimum absolute atomic E-state index is 0.0714. The van der Waals surface area contributed by atoms with Gasteiger partial charge in [0.25, 0.3) is 0 Å². The van der Waals surface area contributed by atoms with Crippen molar-refractivity contribution in [2.45, 2.75) is 70.6 Å². The number of hydrogen-bond acceptors (Lipinski definition) is 3. The van der Waals surface area contributed by atoms with Gasteiger partial charge in [0.2, 0.25) is 5.91 Å². The number of amides is 1. The Bertz CT molecular complexity index is 254. The summed E-state index contributed by atoms with van der Waals surface area (Å²) in [5, 5.41) is 3.23. The van der Waals surface area contributed by atoms with Crippen LogP contribution < -0.4 is 11.1 Å². The Morgan fingerprint density at radius 3 is 2.65 bits per heavy atom. The van der Waals surface area contributed by atoms with Crippen molar-refractivity contribution in [1.82, 2.24) is 5.32 Å². The van der Waals surface area contributed by atoms with E-state index in [1.54, 1.807) is 0 Å². The maximum absolute atomic E-state index is 11.5. The first-order chi connectivity index (χ1) is 7.98. The summed E-state index contributed by atoms with van der Waals surface area (Å²) in [6.07, 6.45) is 5.66. The summed E-state index contributed by atoms with van der Waals surface area (Å²) in [7, 11) is 0. The van der Waals surface area contributed by atoms with E-state index in [2.05, 4.69) is 12.2 Å². The van der Waals surface area contributed by atoms with Crippen molar-refractivity contribution in [2.24, 2.45) is 5.73 Å². The summed E-state index contributed by atoms with van der Waals surface area (Å²) in [5.41, 5.74) is 4.83. The molecule has 4 nitrogen and oxygen atoms in total. The van der Waals surface area contributed by atoms with Gasteiger partial charge in [-0.3, -0.25) is 4.79 Å². The van der Waals surface area contributed by atoms with Crippen LogP contribution in [-0.4, -0.2) is 30.2 Å². The zero-order valence-corrected chi connectivity index (χ0v) is 11.3. The van der Waals surface area contributed by atoms with Crippen molar-refractivity contribution in [2.75, 3.05) is 6.54 Å². The van der Waals surface area contributed by atoms with Crippen LogP contribution in [0.5, 0.6) is 0 Å². The Hall–Kier alpha value is -0.610. The van der Waals surface area contributed by atoms with Gasteiger partial charge in [-0.25, -0.2) is 0 Å². The van der Waals surface area contributed by atoms with Crippen molar-refractivity contribution in [1.29, 1.82) is 0 Å². The first-order valence-corrected chi connectivity index (χ1v) is 6.68. The molecule has 0 bridgehead atoms. The molecule has 1 fully saturated rings. The molecule has 100 valence electrons. The van der Waals surface area contributed by atoms with Gasteiger partial charge in [0, 0.05) is 6.42 Å². The average Bonchev–Trinajstić information content (AvgIpc) is 2.20. The van der Waals surface area contributed by atoms with Gasteiger partial charge in [-0.2, -0.15) is 0 Å². The van der Waals surface area contributed by atoms with Gasteiger partial charge >= 0.3 is 0 Å². The predicted octanol–water partition coefficient (Wildman–Crippen LogP) is 1.58. The van der Waals surface area contributed by atoms with Crippen molar-refractivity contribution in [3.63, 3.8) is 0 Å². The zero-order valence-electron chi connectivity index (χ0n) is 11.3. The van der Waals surface area contributed by atoms with Gasteiger partial charge < -0.3 is 15.8 Å². The second-order valence-corrected chi connectivity index (χ2v) is 5.33. The van der Waals surface area contributed by atoms with Crippen LogP contribution >= 0.6 is 0 Å². The summed E-state index contributed by atoms with van der Waals surface area (Å²) in [5.74, 6) is -0.296. The maximum atomic E-state index is 11.5. The molecular weight excluding hydrogens is 216 g/mol. The Labute approximate surface area is 104 Å². The largest absolute Gasteiger partial charge is 0.375 e. The third-order valence-corrected chi connectivity index (χ3v) is 3.48. The molecule has 1 rings (SSSR count). The monoisotopic (exact) mass is 242 g/mol. The summed E-state index contributed by atoms with van der Waals surface area (Å²) < 4.78 is 5.86. The molecule has 4 heteroatoms. The molecule has 0 spiro atoms. The highest BCUT2D eigenvalue weighted by Gasteiger charge is 2.33. The van der Waals surface area contributed by atoms with E-state index in [0.29, 0.717) is 12.5 Å². The smallest absolute Gasteiger partial charge is 0.237 e. The van der Waals surface area contributed by atoms with Gasteiger partial charge in [0.1, 0.15) is 0 Å². The van der Waals surface area contributed by atoms with Crippen LogP contribution in [0, 0.1) is 0 Å². The van der Waals surface area contributed by atoms with Crippen LogP contribution in [0.3, 0.4) is 0 Å². The summed E-state index contributed by atoms with van der Waals surface area (Å²) >= 11 is 0. The number of carbonyl (C=O) groups excluding carboxylic acids is 1. The van der Waals surface area contributed by atoms with E-state index in [4.69, 9.17) is 10.5 Å². The quantitative estimate of drug-likeness (QED) is 0.679. The SMILES string of the molecule is CCCNC(C)(CC(C)OC1CCC1)C(N)=O. The zero-order chi connectivity index (χ0) is 12.9. The molecule has 1 aliphatic rings. The average molecular weight is 242 g/mol.